The summed E-state index contributed by atoms with van der Waals surface area (Å²) < 4.78 is 24.9. The topological polar surface area (TPSA) is 178 Å². The first kappa shape index (κ1) is 30.5. The lowest BCUT2D eigenvalue weighted by Gasteiger charge is -2.23. The van der Waals surface area contributed by atoms with Crippen LogP contribution in [0, 0.1) is 0 Å². The van der Waals surface area contributed by atoms with Crippen molar-refractivity contribution in [1.82, 2.24) is 20.3 Å². The van der Waals surface area contributed by atoms with Crippen LogP contribution in [0.4, 0.5) is 22.1 Å². The summed E-state index contributed by atoms with van der Waals surface area (Å²) in [6, 6.07) is 12.9. The van der Waals surface area contributed by atoms with E-state index >= 15 is 0 Å². The Kier molecular flexibility index (Phi) is 9.52. The Balaban J connectivity index is 1.17. The fraction of sp³-hybridized carbons (Fsp3) is 0.452. The second-order valence-electron chi connectivity index (χ2n) is 11.1. The van der Waals surface area contributed by atoms with E-state index in [1.165, 1.54) is 30.2 Å². The first-order valence-electron chi connectivity index (χ1n) is 15.2. The van der Waals surface area contributed by atoms with Crippen molar-refractivity contribution in [2.45, 2.75) is 75.4 Å². The maximum atomic E-state index is 12.7. The molecular formula is C31H37N7O7. The lowest BCUT2D eigenvalue weighted by Crippen LogP contribution is -2.37. The van der Waals surface area contributed by atoms with Crippen LogP contribution in [0.3, 0.4) is 0 Å². The third kappa shape index (κ3) is 7.24. The van der Waals surface area contributed by atoms with Crippen molar-refractivity contribution in [2.24, 2.45) is 0 Å². The summed E-state index contributed by atoms with van der Waals surface area (Å²) in [6.45, 7) is -0.0256. The normalized spacial score (nSPS) is 24.2. The minimum Gasteiger partial charge on any atom is -0.477 e. The van der Waals surface area contributed by atoms with E-state index in [9.17, 15) is 14.7 Å². The average Bonchev–Trinajstić information content (AvgIpc) is 3.78. The Morgan fingerprint density at radius 1 is 0.978 bits per heavy atom. The number of amides is 2. The molecule has 5 N–H and O–H groups in total. The van der Waals surface area contributed by atoms with Crippen LogP contribution >= 0.6 is 0 Å². The number of aromatic carboxylic acids is 1. The van der Waals surface area contributed by atoms with E-state index in [1.807, 2.05) is 18.2 Å². The van der Waals surface area contributed by atoms with Gasteiger partial charge in [-0.05, 0) is 37.0 Å². The molecular weight excluding hydrogens is 582 g/mol. The van der Waals surface area contributed by atoms with Gasteiger partial charge in [0.25, 0.3) is 0 Å². The van der Waals surface area contributed by atoms with Crippen LogP contribution in [-0.4, -0.2) is 82.6 Å². The van der Waals surface area contributed by atoms with Crippen molar-refractivity contribution in [1.29, 1.82) is 0 Å². The summed E-state index contributed by atoms with van der Waals surface area (Å²) in [5.74, 6) is -0.459. The molecule has 2 aromatic heterocycles. The van der Waals surface area contributed by atoms with E-state index in [0.717, 1.165) is 32.1 Å². The Labute approximate surface area is 260 Å². The van der Waals surface area contributed by atoms with E-state index in [4.69, 9.17) is 18.9 Å². The number of carboxylic acids is 1. The summed E-state index contributed by atoms with van der Waals surface area (Å²) in [5.41, 5.74) is 1.58. The predicted octanol–water partition coefficient (Wildman–Crippen LogP) is 3.63. The molecule has 14 nitrogen and oxygen atoms in total. The zero-order valence-corrected chi connectivity index (χ0v) is 24.8. The molecule has 1 aromatic carbocycles. The van der Waals surface area contributed by atoms with Gasteiger partial charge < -0.3 is 40.0 Å². The van der Waals surface area contributed by atoms with Crippen molar-refractivity contribution >= 4 is 29.3 Å². The highest BCUT2D eigenvalue weighted by Crippen LogP contribution is 2.37. The van der Waals surface area contributed by atoms with Gasteiger partial charge in [-0.3, -0.25) is 5.32 Å². The number of hydrogen-bond acceptors (Lipinski definition) is 11. The standard InChI is InChI=1S/C31H37N7O7/c1-32-23-26(34-17-35-27(23)38-31(41)36-19-10-5-6-11-19)37-29-25-24(44-22(45-25)14-13-18-8-3-2-4-9-18)21(43-29)16-42-28-20(30(39)40)12-7-15-33-28/h2-4,7-9,12,15,17,19,21-22,24-25,29,32H,5-6,10-11,13-14,16H2,1H3,(H,39,40)(H3,34,35,36,37,38,41). The molecule has 3 aliphatic rings. The smallest absolute Gasteiger partial charge is 0.341 e. The van der Waals surface area contributed by atoms with Gasteiger partial charge in [-0.1, -0.05) is 43.2 Å². The number of carbonyl (C=O) groups is 2. The van der Waals surface area contributed by atoms with Gasteiger partial charge in [-0.25, -0.2) is 24.5 Å². The zero-order valence-electron chi connectivity index (χ0n) is 24.8. The molecule has 0 spiro atoms. The minimum absolute atomic E-state index is 0.0130. The number of hydrogen-bond donors (Lipinski definition) is 5. The molecule has 1 saturated carbocycles. The number of ether oxygens (including phenoxy) is 4. The van der Waals surface area contributed by atoms with Crippen LogP contribution in [0.25, 0.3) is 0 Å². The highest BCUT2D eigenvalue weighted by molar-refractivity contribution is 5.93. The minimum atomic E-state index is -1.14. The number of aryl methyl sites for hydroxylation is 1. The number of pyridine rings is 1. The van der Waals surface area contributed by atoms with E-state index in [-0.39, 0.29) is 30.1 Å². The SMILES string of the molecule is CNc1c(NC(=O)NC2CCCC2)ncnc1NC1OC(COc2ncccc2C(=O)O)C2OC(CCc3ccccc3)OC12. The maximum Gasteiger partial charge on any atom is 0.341 e. The number of fused-ring (bicyclic) bond motifs is 1. The number of benzene rings is 1. The van der Waals surface area contributed by atoms with Gasteiger partial charge in [0.2, 0.25) is 5.88 Å². The summed E-state index contributed by atoms with van der Waals surface area (Å²) in [6.07, 6.45) is 5.44. The summed E-state index contributed by atoms with van der Waals surface area (Å²) in [5, 5.41) is 21.7. The molecule has 5 unspecified atom stereocenters. The van der Waals surface area contributed by atoms with Gasteiger partial charge in [0.1, 0.15) is 42.5 Å². The first-order chi connectivity index (χ1) is 22.0. The van der Waals surface area contributed by atoms with Crippen LogP contribution in [0.1, 0.15) is 48.0 Å². The molecule has 0 bridgehead atoms. The van der Waals surface area contributed by atoms with Crippen LogP contribution < -0.4 is 26.0 Å². The Morgan fingerprint density at radius 2 is 1.76 bits per heavy atom. The molecule has 3 aromatic rings. The molecule has 5 atom stereocenters. The van der Waals surface area contributed by atoms with E-state index < -0.39 is 36.8 Å². The third-order valence-electron chi connectivity index (χ3n) is 8.12. The largest absolute Gasteiger partial charge is 0.477 e. The van der Waals surface area contributed by atoms with E-state index in [1.54, 1.807) is 7.05 Å². The van der Waals surface area contributed by atoms with Crippen molar-refractivity contribution in [2.75, 3.05) is 29.6 Å². The molecule has 14 heteroatoms. The number of rotatable bonds is 12. The number of carboxylic acid groups (broad SMARTS) is 1. The fourth-order valence-electron chi connectivity index (χ4n) is 5.93. The van der Waals surface area contributed by atoms with Gasteiger partial charge in [-0.2, -0.15) is 0 Å². The molecule has 2 aliphatic heterocycles. The Bertz CT molecular complexity index is 1470. The monoisotopic (exact) mass is 619 g/mol. The van der Waals surface area contributed by atoms with Gasteiger partial charge in [0.15, 0.2) is 24.2 Å². The number of anilines is 3. The molecule has 3 fully saturated rings. The molecule has 2 saturated heterocycles. The number of aromatic nitrogens is 3. The van der Waals surface area contributed by atoms with Crippen LogP contribution in [0.5, 0.6) is 5.88 Å². The van der Waals surface area contributed by atoms with Gasteiger partial charge in [0.05, 0.1) is 0 Å². The molecule has 45 heavy (non-hydrogen) atoms. The number of carbonyl (C=O) groups excluding carboxylic acids is 1. The Hall–Kier alpha value is -4.53. The van der Waals surface area contributed by atoms with Crippen LogP contribution in [-0.2, 0) is 20.6 Å². The second-order valence-corrected chi connectivity index (χ2v) is 11.1. The number of urea groups is 1. The lowest BCUT2D eigenvalue weighted by molar-refractivity contribution is -0.132. The third-order valence-corrected chi connectivity index (χ3v) is 8.12. The molecule has 1 aliphatic carbocycles. The van der Waals surface area contributed by atoms with Crippen molar-refractivity contribution in [3.05, 3.63) is 66.1 Å². The van der Waals surface area contributed by atoms with Gasteiger partial charge >= 0.3 is 12.0 Å². The molecule has 4 heterocycles. The highest BCUT2D eigenvalue weighted by atomic mass is 16.8. The van der Waals surface area contributed by atoms with Gasteiger partial charge in [-0.15, -0.1) is 0 Å². The summed E-state index contributed by atoms with van der Waals surface area (Å²) in [7, 11) is 1.71. The van der Waals surface area contributed by atoms with Gasteiger partial charge in [0, 0.05) is 25.7 Å². The lowest BCUT2D eigenvalue weighted by atomic mass is 10.1. The molecule has 0 radical (unpaired) electrons. The summed E-state index contributed by atoms with van der Waals surface area (Å²) in [4.78, 5) is 37.1. The summed E-state index contributed by atoms with van der Waals surface area (Å²) >= 11 is 0. The maximum absolute atomic E-state index is 12.7. The number of nitrogens with zero attached hydrogens (tertiary/aromatic N) is 3. The average molecular weight is 620 g/mol. The van der Waals surface area contributed by atoms with Crippen LogP contribution in [0.2, 0.25) is 0 Å². The van der Waals surface area contributed by atoms with E-state index in [2.05, 4.69) is 48.4 Å². The highest BCUT2D eigenvalue weighted by Gasteiger charge is 2.53. The van der Waals surface area contributed by atoms with Crippen LogP contribution in [0.15, 0.2) is 55.0 Å². The fourth-order valence-corrected chi connectivity index (χ4v) is 5.93. The van der Waals surface area contributed by atoms with Crippen molar-refractivity contribution < 1.29 is 33.6 Å². The van der Waals surface area contributed by atoms with E-state index in [0.29, 0.717) is 23.7 Å². The molecule has 238 valence electrons. The number of nitrogens with one attached hydrogen (secondary N) is 4. The quantitative estimate of drug-likeness (QED) is 0.199. The Morgan fingerprint density at radius 3 is 2.53 bits per heavy atom. The van der Waals surface area contributed by atoms with Crippen molar-refractivity contribution in [3.8, 4) is 5.88 Å². The second kappa shape index (κ2) is 14.1. The first-order valence-corrected chi connectivity index (χ1v) is 15.2. The zero-order chi connectivity index (χ0) is 31.2. The predicted molar refractivity (Wildman–Crippen MR) is 163 cm³/mol. The molecule has 2 amide bonds. The van der Waals surface area contributed by atoms with Crippen molar-refractivity contribution in [3.63, 3.8) is 0 Å². The molecule has 6 rings (SSSR count).